The Morgan fingerprint density at radius 1 is 1.25 bits per heavy atom. The molecule has 1 saturated heterocycles. The molecule has 0 unspecified atom stereocenters. The van der Waals surface area contributed by atoms with Gasteiger partial charge in [-0.2, -0.15) is 5.26 Å². The Hall–Kier alpha value is -2.36. The average Bonchev–Trinajstić information content (AvgIpc) is 3.35. The van der Waals surface area contributed by atoms with Gasteiger partial charge in [-0.15, -0.1) is 0 Å². The number of hydrogen-bond donors (Lipinski definition) is 0. The van der Waals surface area contributed by atoms with Crippen LogP contribution in [0.4, 0.5) is 0 Å². The quantitative estimate of drug-likeness (QED) is 0.817. The highest BCUT2D eigenvalue weighted by molar-refractivity contribution is 5.76. The van der Waals surface area contributed by atoms with Gasteiger partial charge in [-0.3, -0.25) is 14.2 Å². The van der Waals surface area contributed by atoms with Crippen LogP contribution in [0, 0.1) is 23.2 Å². The summed E-state index contributed by atoms with van der Waals surface area (Å²) < 4.78 is 2.35. The van der Waals surface area contributed by atoms with Crippen molar-refractivity contribution in [3.05, 3.63) is 32.6 Å². The van der Waals surface area contributed by atoms with Crippen LogP contribution in [0.25, 0.3) is 0 Å². The summed E-state index contributed by atoms with van der Waals surface area (Å²) in [5.74, 6) is 0.580. The lowest BCUT2D eigenvalue weighted by atomic mass is 9.92. The van der Waals surface area contributed by atoms with Gasteiger partial charge in [0.15, 0.2) is 0 Å². The van der Waals surface area contributed by atoms with Crippen LogP contribution in [0.1, 0.15) is 44.7 Å². The molecule has 0 bridgehead atoms. The zero-order chi connectivity index (χ0) is 17.4. The van der Waals surface area contributed by atoms with Gasteiger partial charge >= 0.3 is 5.69 Å². The van der Waals surface area contributed by atoms with E-state index < -0.39 is 11.2 Å². The van der Waals surface area contributed by atoms with Crippen molar-refractivity contribution in [3.8, 4) is 6.07 Å². The number of amides is 1. The van der Waals surface area contributed by atoms with Crippen molar-refractivity contribution in [2.75, 3.05) is 13.1 Å². The molecule has 1 amide bonds. The third-order valence-corrected chi connectivity index (χ3v) is 4.77. The van der Waals surface area contributed by atoms with E-state index in [1.165, 1.54) is 10.8 Å². The Bertz CT molecular complexity index is 803. The minimum absolute atomic E-state index is 0.0431. The molecule has 0 N–H and O–H groups in total. The molecule has 1 saturated carbocycles. The van der Waals surface area contributed by atoms with Gasteiger partial charge < -0.3 is 4.90 Å². The van der Waals surface area contributed by atoms with Crippen LogP contribution in [-0.4, -0.2) is 33.0 Å². The summed E-state index contributed by atoms with van der Waals surface area (Å²) in [4.78, 5) is 39.2. The monoisotopic (exact) mass is 330 g/mol. The van der Waals surface area contributed by atoms with Crippen LogP contribution < -0.4 is 11.2 Å². The first-order valence-corrected chi connectivity index (χ1v) is 8.44. The first-order valence-electron chi connectivity index (χ1n) is 8.44. The number of aromatic nitrogens is 2. The number of likely N-dealkylation sites (tertiary alicyclic amines) is 1. The van der Waals surface area contributed by atoms with Crippen molar-refractivity contribution < 1.29 is 4.79 Å². The molecular formula is C17H22N4O3. The van der Waals surface area contributed by atoms with Gasteiger partial charge in [0.05, 0.1) is 0 Å². The van der Waals surface area contributed by atoms with Crippen molar-refractivity contribution >= 4 is 5.91 Å². The predicted molar refractivity (Wildman–Crippen MR) is 87.5 cm³/mol. The summed E-state index contributed by atoms with van der Waals surface area (Å²) in [6.45, 7) is 5.19. The minimum Gasteiger partial charge on any atom is -0.341 e. The first kappa shape index (κ1) is 16.5. The molecule has 24 heavy (non-hydrogen) atoms. The molecule has 7 nitrogen and oxygen atoms in total. The van der Waals surface area contributed by atoms with Gasteiger partial charge in [-0.1, -0.05) is 13.8 Å². The summed E-state index contributed by atoms with van der Waals surface area (Å²) in [7, 11) is 0. The van der Waals surface area contributed by atoms with Crippen molar-refractivity contribution in [3.63, 3.8) is 0 Å². The van der Waals surface area contributed by atoms with E-state index in [1.54, 1.807) is 4.90 Å². The van der Waals surface area contributed by atoms with Gasteiger partial charge in [0.2, 0.25) is 5.91 Å². The SMILES string of the molecule is C[C@@H]1C[C@H](C)CN(C(=O)Cn2c(=O)c(C#N)cn(C3CC3)c2=O)C1. The second-order valence-electron chi connectivity index (χ2n) is 7.21. The highest BCUT2D eigenvalue weighted by Gasteiger charge is 2.29. The number of carbonyl (C=O) groups is 1. The van der Waals surface area contributed by atoms with E-state index in [4.69, 9.17) is 5.26 Å². The lowest BCUT2D eigenvalue weighted by Crippen LogP contribution is -2.48. The van der Waals surface area contributed by atoms with Crippen LogP contribution in [0.15, 0.2) is 15.8 Å². The van der Waals surface area contributed by atoms with Crippen molar-refractivity contribution in [1.29, 1.82) is 5.26 Å². The van der Waals surface area contributed by atoms with E-state index in [9.17, 15) is 14.4 Å². The first-order chi connectivity index (χ1) is 11.4. The smallest absolute Gasteiger partial charge is 0.331 e. The number of carbonyl (C=O) groups excluding carboxylic acids is 1. The van der Waals surface area contributed by atoms with Gasteiger partial charge in [-0.25, -0.2) is 9.36 Å². The van der Waals surface area contributed by atoms with Crippen LogP contribution in [0.2, 0.25) is 0 Å². The fourth-order valence-corrected chi connectivity index (χ4v) is 3.55. The van der Waals surface area contributed by atoms with Crippen LogP contribution in [0.3, 0.4) is 0 Å². The van der Waals surface area contributed by atoms with Crippen LogP contribution >= 0.6 is 0 Å². The number of rotatable bonds is 3. The molecule has 2 fully saturated rings. The van der Waals surface area contributed by atoms with E-state index in [1.807, 2.05) is 6.07 Å². The second-order valence-corrected chi connectivity index (χ2v) is 7.21. The van der Waals surface area contributed by atoms with Crippen molar-refractivity contribution in [2.24, 2.45) is 11.8 Å². The average molecular weight is 330 g/mol. The van der Waals surface area contributed by atoms with Crippen LogP contribution in [-0.2, 0) is 11.3 Å². The minimum atomic E-state index is -0.675. The lowest BCUT2D eigenvalue weighted by molar-refractivity contribution is -0.134. The van der Waals surface area contributed by atoms with Gasteiger partial charge in [0.1, 0.15) is 18.2 Å². The molecule has 1 aliphatic carbocycles. The molecule has 1 aliphatic heterocycles. The van der Waals surface area contributed by atoms with E-state index in [-0.39, 0.29) is 24.1 Å². The largest absolute Gasteiger partial charge is 0.341 e. The van der Waals surface area contributed by atoms with E-state index in [2.05, 4.69) is 13.8 Å². The zero-order valence-corrected chi connectivity index (χ0v) is 14.1. The molecular weight excluding hydrogens is 308 g/mol. The van der Waals surface area contributed by atoms with Crippen molar-refractivity contribution in [1.82, 2.24) is 14.0 Å². The molecule has 1 aromatic rings. The number of piperidine rings is 1. The maximum Gasteiger partial charge on any atom is 0.331 e. The molecule has 2 aliphatic rings. The van der Waals surface area contributed by atoms with Gasteiger partial charge in [0, 0.05) is 25.3 Å². The van der Waals surface area contributed by atoms with E-state index in [0.717, 1.165) is 23.8 Å². The van der Waals surface area contributed by atoms with Gasteiger partial charge in [0.25, 0.3) is 5.56 Å². The third kappa shape index (κ3) is 3.14. The maximum atomic E-state index is 12.6. The normalized spacial score (nSPS) is 23.8. The summed E-state index contributed by atoms with van der Waals surface area (Å²) in [5, 5.41) is 9.14. The number of hydrogen-bond acceptors (Lipinski definition) is 4. The fourth-order valence-electron chi connectivity index (χ4n) is 3.55. The summed E-state index contributed by atoms with van der Waals surface area (Å²) in [5.41, 5.74) is -1.26. The molecule has 0 aromatic carbocycles. The Morgan fingerprint density at radius 3 is 2.42 bits per heavy atom. The van der Waals surface area contributed by atoms with Crippen molar-refractivity contribution in [2.45, 2.75) is 45.7 Å². The molecule has 128 valence electrons. The van der Waals surface area contributed by atoms with Gasteiger partial charge in [-0.05, 0) is 31.1 Å². The molecule has 3 rings (SSSR count). The number of nitrogens with zero attached hydrogens (tertiary/aromatic N) is 4. The topological polar surface area (TPSA) is 88.1 Å². The second kappa shape index (κ2) is 6.27. The summed E-state index contributed by atoms with van der Waals surface area (Å²) in [6, 6.07) is 1.88. The standard InChI is InChI=1S/C17H22N4O3/c1-11-5-12(2)8-19(7-11)15(22)10-21-16(23)13(6-18)9-20(17(21)24)14-3-4-14/h9,11-12,14H,3-5,7-8,10H2,1-2H3/t11-,12+. The summed E-state index contributed by atoms with van der Waals surface area (Å²) >= 11 is 0. The fraction of sp³-hybridized carbons (Fsp3) is 0.647. The zero-order valence-electron chi connectivity index (χ0n) is 14.1. The lowest BCUT2D eigenvalue weighted by Gasteiger charge is -2.35. The highest BCUT2D eigenvalue weighted by atomic mass is 16.2. The Labute approximate surface area is 140 Å². The molecule has 1 aromatic heterocycles. The predicted octanol–water partition coefficient (Wildman–Crippen LogP) is 0.721. The molecule has 2 heterocycles. The third-order valence-electron chi connectivity index (χ3n) is 4.77. The maximum absolute atomic E-state index is 12.6. The molecule has 0 radical (unpaired) electrons. The Morgan fingerprint density at radius 2 is 1.88 bits per heavy atom. The van der Waals surface area contributed by atoms with E-state index >= 15 is 0 Å². The molecule has 2 atom stereocenters. The molecule has 0 spiro atoms. The summed E-state index contributed by atoms with van der Waals surface area (Å²) in [6.07, 6.45) is 4.12. The number of nitriles is 1. The molecule has 7 heteroatoms. The Kier molecular flexibility index (Phi) is 4.31. The highest BCUT2D eigenvalue weighted by Crippen LogP contribution is 2.33. The Balaban J connectivity index is 1.91. The van der Waals surface area contributed by atoms with Crippen LogP contribution in [0.5, 0.6) is 0 Å². The van der Waals surface area contributed by atoms with E-state index in [0.29, 0.717) is 24.9 Å².